The van der Waals surface area contributed by atoms with Crippen molar-refractivity contribution in [3.8, 4) is 28.5 Å². The monoisotopic (exact) mass is 363 g/mol. The first-order valence-electron chi connectivity index (χ1n) is 8.91. The Bertz CT molecular complexity index is 1360. The number of fused-ring (bicyclic) bond motifs is 3. The average Bonchev–Trinajstić information content (AvgIpc) is 3.08. The molecule has 3 heterocycles. The lowest BCUT2D eigenvalue weighted by Crippen LogP contribution is -1.91. The van der Waals surface area contributed by atoms with Gasteiger partial charge in [0.25, 0.3) is 0 Å². The summed E-state index contributed by atoms with van der Waals surface area (Å²) >= 11 is 0. The van der Waals surface area contributed by atoms with Crippen LogP contribution in [0.15, 0.2) is 85.1 Å². The lowest BCUT2D eigenvalue weighted by Gasteiger charge is -2.09. The maximum absolute atomic E-state index is 13.5. The molecule has 0 aliphatic heterocycles. The molecule has 132 valence electrons. The SMILES string of the molecule is N#Cc1c2nc(-c3ccccc3)cc(-c3ccc(F)cc3)c2n2ccccc12. The summed E-state index contributed by atoms with van der Waals surface area (Å²) in [5.74, 6) is -0.282. The smallest absolute Gasteiger partial charge is 0.123 e. The van der Waals surface area contributed by atoms with Crippen molar-refractivity contribution in [3.63, 3.8) is 0 Å². The molecular formula is C24H14FN3. The maximum Gasteiger partial charge on any atom is 0.123 e. The van der Waals surface area contributed by atoms with Crippen molar-refractivity contribution < 1.29 is 4.39 Å². The van der Waals surface area contributed by atoms with E-state index >= 15 is 0 Å². The molecule has 0 radical (unpaired) electrons. The first-order chi connectivity index (χ1) is 13.8. The number of hydrogen-bond acceptors (Lipinski definition) is 2. The highest BCUT2D eigenvalue weighted by Gasteiger charge is 2.18. The molecule has 0 spiro atoms. The molecule has 0 saturated carbocycles. The fourth-order valence-electron chi connectivity index (χ4n) is 3.64. The normalized spacial score (nSPS) is 11.0. The van der Waals surface area contributed by atoms with Crippen LogP contribution in [0.1, 0.15) is 5.56 Å². The molecule has 0 amide bonds. The lowest BCUT2D eigenvalue weighted by atomic mass is 10.0. The Hall–Kier alpha value is -3.97. The van der Waals surface area contributed by atoms with E-state index in [0.29, 0.717) is 11.1 Å². The van der Waals surface area contributed by atoms with Crippen LogP contribution in [0, 0.1) is 17.1 Å². The zero-order valence-corrected chi connectivity index (χ0v) is 14.8. The van der Waals surface area contributed by atoms with Crippen molar-refractivity contribution in [2.45, 2.75) is 0 Å². The van der Waals surface area contributed by atoms with Crippen molar-refractivity contribution in [2.24, 2.45) is 0 Å². The predicted octanol–water partition coefficient (Wildman–Crippen LogP) is 5.83. The highest BCUT2D eigenvalue weighted by atomic mass is 19.1. The molecule has 5 rings (SSSR count). The van der Waals surface area contributed by atoms with Gasteiger partial charge in [0.2, 0.25) is 0 Å². The van der Waals surface area contributed by atoms with E-state index < -0.39 is 0 Å². The second-order valence-electron chi connectivity index (χ2n) is 6.57. The molecule has 0 aliphatic carbocycles. The van der Waals surface area contributed by atoms with Crippen LogP contribution in [0.3, 0.4) is 0 Å². The van der Waals surface area contributed by atoms with Crippen molar-refractivity contribution in [3.05, 3.63) is 96.4 Å². The van der Waals surface area contributed by atoms with E-state index in [0.717, 1.165) is 33.4 Å². The Morgan fingerprint density at radius 1 is 0.857 bits per heavy atom. The second-order valence-corrected chi connectivity index (χ2v) is 6.57. The molecule has 0 bridgehead atoms. The predicted molar refractivity (Wildman–Crippen MR) is 108 cm³/mol. The Morgan fingerprint density at radius 2 is 1.61 bits per heavy atom. The number of hydrogen-bond donors (Lipinski definition) is 0. The minimum Gasteiger partial charge on any atom is -0.313 e. The van der Waals surface area contributed by atoms with E-state index in [-0.39, 0.29) is 5.82 Å². The summed E-state index contributed by atoms with van der Waals surface area (Å²) in [6, 6.07) is 26.3. The third-order valence-electron chi connectivity index (χ3n) is 4.92. The molecule has 0 N–H and O–H groups in total. The first-order valence-corrected chi connectivity index (χ1v) is 8.91. The Labute approximate surface area is 160 Å². The van der Waals surface area contributed by atoms with Gasteiger partial charge < -0.3 is 4.40 Å². The summed E-state index contributed by atoms with van der Waals surface area (Å²) in [5, 5.41) is 9.83. The number of pyridine rings is 2. The fourth-order valence-corrected chi connectivity index (χ4v) is 3.64. The van der Waals surface area contributed by atoms with Gasteiger partial charge in [0.1, 0.15) is 23.0 Å². The Kier molecular flexibility index (Phi) is 3.67. The van der Waals surface area contributed by atoms with Gasteiger partial charge in [-0.15, -0.1) is 0 Å². The van der Waals surface area contributed by atoms with Crippen LogP contribution in [0.4, 0.5) is 4.39 Å². The molecule has 2 aromatic carbocycles. The van der Waals surface area contributed by atoms with Gasteiger partial charge in [-0.25, -0.2) is 9.37 Å². The molecule has 0 atom stereocenters. The van der Waals surface area contributed by atoms with E-state index in [4.69, 9.17) is 4.98 Å². The summed E-state index contributed by atoms with van der Waals surface area (Å²) in [6.45, 7) is 0. The zero-order chi connectivity index (χ0) is 19.1. The molecule has 4 heteroatoms. The van der Waals surface area contributed by atoms with Crippen LogP contribution in [-0.4, -0.2) is 9.38 Å². The summed E-state index contributed by atoms with van der Waals surface area (Å²) in [5.41, 5.74) is 6.36. The minimum absolute atomic E-state index is 0.282. The van der Waals surface area contributed by atoms with Gasteiger partial charge in [-0.3, -0.25) is 0 Å². The van der Waals surface area contributed by atoms with Gasteiger partial charge in [-0.05, 0) is 35.9 Å². The quantitative estimate of drug-likeness (QED) is 0.396. The van der Waals surface area contributed by atoms with Crippen LogP contribution >= 0.6 is 0 Å². The van der Waals surface area contributed by atoms with Crippen LogP contribution in [-0.2, 0) is 0 Å². The number of nitriles is 1. The highest BCUT2D eigenvalue weighted by Crippen LogP contribution is 2.36. The molecule has 0 unspecified atom stereocenters. The van der Waals surface area contributed by atoms with Crippen molar-refractivity contribution in [1.29, 1.82) is 5.26 Å². The Balaban J connectivity index is 1.95. The van der Waals surface area contributed by atoms with Gasteiger partial charge in [0.15, 0.2) is 0 Å². The third kappa shape index (κ3) is 2.45. The van der Waals surface area contributed by atoms with E-state index in [2.05, 4.69) is 6.07 Å². The summed E-state index contributed by atoms with van der Waals surface area (Å²) in [4.78, 5) is 4.84. The van der Waals surface area contributed by atoms with Crippen molar-refractivity contribution in [1.82, 2.24) is 9.38 Å². The van der Waals surface area contributed by atoms with E-state index in [9.17, 15) is 9.65 Å². The topological polar surface area (TPSA) is 41.1 Å². The largest absolute Gasteiger partial charge is 0.313 e. The number of benzene rings is 2. The highest BCUT2D eigenvalue weighted by molar-refractivity contribution is 6.02. The molecule has 5 aromatic rings. The van der Waals surface area contributed by atoms with Crippen molar-refractivity contribution in [2.75, 3.05) is 0 Å². The summed E-state index contributed by atoms with van der Waals surface area (Å²) in [6.07, 6.45) is 1.93. The van der Waals surface area contributed by atoms with Crippen LogP contribution < -0.4 is 0 Å². The summed E-state index contributed by atoms with van der Waals surface area (Å²) in [7, 11) is 0. The number of halogens is 1. The van der Waals surface area contributed by atoms with Gasteiger partial charge in [0, 0.05) is 17.3 Å². The molecule has 0 fully saturated rings. The third-order valence-corrected chi connectivity index (χ3v) is 4.92. The Morgan fingerprint density at radius 3 is 2.36 bits per heavy atom. The lowest BCUT2D eigenvalue weighted by molar-refractivity contribution is 0.628. The van der Waals surface area contributed by atoms with Crippen LogP contribution in [0.5, 0.6) is 0 Å². The number of rotatable bonds is 2. The van der Waals surface area contributed by atoms with Gasteiger partial charge >= 0.3 is 0 Å². The van der Waals surface area contributed by atoms with E-state index in [1.165, 1.54) is 12.1 Å². The molecule has 0 aliphatic rings. The van der Waals surface area contributed by atoms with Gasteiger partial charge in [-0.2, -0.15) is 5.26 Å². The standard InChI is InChI=1S/C24H14FN3/c25-18-11-9-16(10-12-18)19-14-21(17-6-2-1-3-7-17)27-23-20(15-26)22-8-4-5-13-28(22)24(19)23/h1-14H. The van der Waals surface area contributed by atoms with Crippen LogP contribution in [0.25, 0.3) is 38.9 Å². The van der Waals surface area contributed by atoms with Gasteiger partial charge in [-0.1, -0.05) is 48.5 Å². The van der Waals surface area contributed by atoms with E-state index in [1.807, 2.05) is 65.2 Å². The zero-order valence-electron chi connectivity index (χ0n) is 14.8. The molecule has 0 saturated heterocycles. The molecular weight excluding hydrogens is 349 g/mol. The number of nitrogens with zero attached hydrogens (tertiary/aromatic N) is 3. The average molecular weight is 363 g/mol. The minimum atomic E-state index is -0.282. The number of aromatic nitrogens is 2. The van der Waals surface area contributed by atoms with E-state index in [1.54, 1.807) is 12.1 Å². The van der Waals surface area contributed by atoms with Crippen molar-refractivity contribution >= 4 is 16.6 Å². The maximum atomic E-state index is 13.5. The summed E-state index contributed by atoms with van der Waals surface area (Å²) < 4.78 is 15.5. The van der Waals surface area contributed by atoms with Gasteiger partial charge in [0.05, 0.1) is 16.7 Å². The first kappa shape index (κ1) is 16.2. The molecule has 3 aromatic heterocycles. The second kappa shape index (κ2) is 6.33. The molecule has 28 heavy (non-hydrogen) atoms. The molecule has 3 nitrogen and oxygen atoms in total. The van der Waals surface area contributed by atoms with Crippen LogP contribution in [0.2, 0.25) is 0 Å². The fraction of sp³-hybridized carbons (Fsp3) is 0.